The van der Waals surface area contributed by atoms with Crippen LogP contribution in [0.2, 0.25) is 0 Å². The second kappa shape index (κ2) is 5.04. The van der Waals surface area contributed by atoms with Crippen LogP contribution in [0.25, 0.3) is 0 Å². The lowest BCUT2D eigenvalue weighted by atomic mass is 10.2. The van der Waals surface area contributed by atoms with E-state index < -0.39 is 0 Å². The van der Waals surface area contributed by atoms with Gasteiger partial charge in [0.05, 0.1) is 0 Å². The third-order valence-electron chi connectivity index (χ3n) is 2.78. The van der Waals surface area contributed by atoms with Gasteiger partial charge in [-0.15, -0.1) is 10.2 Å². The molecule has 0 spiro atoms. The van der Waals surface area contributed by atoms with Crippen molar-refractivity contribution < 1.29 is 14.3 Å². The number of nitrogens with one attached hydrogen (secondary N) is 2. The molecule has 2 N–H and O–H groups in total. The van der Waals surface area contributed by atoms with Crippen LogP contribution in [0.1, 0.15) is 10.5 Å². The predicted octanol–water partition coefficient (Wildman–Crippen LogP) is 1.50. The topological polar surface area (TPSA) is 85.4 Å². The van der Waals surface area contributed by atoms with Crippen molar-refractivity contribution in [2.24, 2.45) is 0 Å². The SMILES string of the molecule is CNc1ccc(C(=O)Nc2ccc3c(c2)OCO3)nn1. The fourth-order valence-electron chi connectivity index (χ4n) is 1.76. The Balaban J connectivity index is 1.75. The summed E-state index contributed by atoms with van der Waals surface area (Å²) in [5.74, 6) is 1.55. The van der Waals surface area contributed by atoms with Crippen molar-refractivity contribution in [3.8, 4) is 11.5 Å². The normalized spacial score (nSPS) is 12.1. The molecule has 0 saturated carbocycles. The van der Waals surface area contributed by atoms with Gasteiger partial charge in [-0.1, -0.05) is 0 Å². The van der Waals surface area contributed by atoms with E-state index in [0.717, 1.165) is 0 Å². The average molecular weight is 272 g/mol. The van der Waals surface area contributed by atoms with Gasteiger partial charge in [0.2, 0.25) is 6.79 Å². The minimum atomic E-state index is -0.334. The van der Waals surface area contributed by atoms with Gasteiger partial charge in [0.25, 0.3) is 5.91 Å². The van der Waals surface area contributed by atoms with E-state index in [1.807, 2.05) is 0 Å². The van der Waals surface area contributed by atoms with E-state index in [2.05, 4.69) is 20.8 Å². The largest absolute Gasteiger partial charge is 0.454 e. The Labute approximate surface area is 114 Å². The maximum atomic E-state index is 12.0. The lowest BCUT2D eigenvalue weighted by molar-refractivity contribution is 0.102. The van der Waals surface area contributed by atoms with Crippen LogP contribution in [0.15, 0.2) is 30.3 Å². The quantitative estimate of drug-likeness (QED) is 0.880. The summed E-state index contributed by atoms with van der Waals surface area (Å²) in [7, 11) is 1.73. The Kier molecular flexibility index (Phi) is 3.08. The van der Waals surface area contributed by atoms with E-state index in [-0.39, 0.29) is 18.4 Å². The van der Waals surface area contributed by atoms with Crippen LogP contribution in [0.3, 0.4) is 0 Å². The number of hydrogen-bond donors (Lipinski definition) is 2. The Hall–Kier alpha value is -2.83. The van der Waals surface area contributed by atoms with Crippen LogP contribution in [0.5, 0.6) is 11.5 Å². The second-order valence-electron chi connectivity index (χ2n) is 4.08. The number of hydrogen-bond acceptors (Lipinski definition) is 6. The zero-order valence-electron chi connectivity index (χ0n) is 10.7. The smallest absolute Gasteiger partial charge is 0.276 e. The van der Waals surface area contributed by atoms with Crippen molar-refractivity contribution in [2.75, 3.05) is 24.5 Å². The first-order chi connectivity index (χ1) is 9.76. The number of ether oxygens (including phenoxy) is 2. The van der Waals surface area contributed by atoms with E-state index in [1.165, 1.54) is 0 Å². The van der Waals surface area contributed by atoms with Gasteiger partial charge in [-0.3, -0.25) is 4.79 Å². The summed E-state index contributed by atoms with van der Waals surface area (Å²) in [6, 6.07) is 8.47. The number of carbonyl (C=O) groups is 1. The fraction of sp³-hybridized carbons (Fsp3) is 0.154. The minimum absolute atomic E-state index is 0.198. The van der Waals surface area contributed by atoms with Crippen LogP contribution in [-0.2, 0) is 0 Å². The molecule has 0 radical (unpaired) electrons. The number of nitrogens with zero attached hydrogens (tertiary/aromatic N) is 2. The number of aromatic nitrogens is 2. The van der Waals surface area contributed by atoms with Gasteiger partial charge >= 0.3 is 0 Å². The molecule has 0 unspecified atom stereocenters. The molecule has 102 valence electrons. The molecule has 0 fully saturated rings. The van der Waals surface area contributed by atoms with E-state index in [1.54, 1.807) is 37.4 Å². The van der Waals surface area contributed by atoms with Crippen molar-refractivity contribution in [3.05, 3.63) is 36.0 Å². The van der Waals surface area contributed by atoms with Crippen molar-refractivity contribution in [1.82, 2.24) is 10.2 Å². The third-order valence-corrected chi connectivity index (χ3v) is 2.78. The van der Waals surface area contributed by atoms with Crippen LogP contribution in [0.4, 0.5) is 11.5 Å². The zero-order chi connectivity index (χ0) is 13.9. The van der Waals surface area contributed by atoms with Crippen molar-refractivity contribution >= 4 is 17.4 Å². The summed E-state index contributed by atoms with van der Waals surface area (Å²) in [6.45, 7) is 0.198. The first-order valence-electron chi connectivity index (χ1n) is 5.99. The molecule has 7 nitrogen and oxygen atoms in total. The van der Waals surface area contributed by atoms with Gasteiger partial charge in [-0.25, -0.2) is 0 Å². The molecule has 2 heterocycles. The lowest BCUT2D eigenvalue weighted by Gasteiger charge is -2.05. The lowest BCUT2D eigenvalue weighted by Crippen LogP contribution is -2.14. The molecule has 1 aromatic heterocycles. The molecule has 2 aromatic rings. The predicted molar refractivity (Wildman–Crippen MR) is 72.1 cm³/mol. The third kappa shape index (κ3) is 2.33. The molecular weight excluding hydrogens is 260 g/mol. The molecule has 1 aliphatic heterocycles. The monoisotopic (exact) mass is 272 g/mol. The molecule has 20 heavy (non-hydrogen) atoms. The van der Waals surface area contributed by atoms with Gasteiger partial charge < -0.3 is 20.1 Å². The summed E-state index contributed by atoms with van der Waals surface area (Å²) in [6.07, 6.45) is 0. The fourth-order valence-corrected chi connectivity index (χ4v) is 1.76. The molecule has 0 bridgehead atoms. The Morgan fingerprint density at radius 1 is 1.15 bits per heavy atom. The highest BCUT2D eigenvalue weighted by atomic mass is 16.7. The van der Waals surface area contributed by atoms with Crippen molar-refractivity contribution in [3.63, 3.8) is 0 Å². The van der Waals surface area contributed by atoms with E-state index in [9.17, 15) is 4.79 Å². The van der Waals surface area contributed by atoms with E-state index in [0.29, 0.717) is 23.0 Å². The molecule has 1 aliphatic rings. The maximum Gasteiger partial charge on any atom is 0.276 e. The highest BCUT2D eigenvalue weighted by molar-refractivity contribution is 6.02. The standard InChI is InChI=1S/C13H12N4O3/c1-14-12-5-3-9(16-17-12)13(18)15-8-2-4-10-11(6-8)20-7-19-10/h2-6H,7H2,1H3,(H,14,17)(H,15,18). The molecular formula is C13H12N4O3. The molecule has 0 saturated heterocycles. The zero-order valence-corrected chi connectivity index (χ0v) is 10.7. The number of rotatable bonds is 3. The van der Waals surface area contributed by atoms with Gasteiger partial charge in [-0.05, 0) is 24.3 Å². The second-order valence-corrected chi connectivity index (χ2v) is 4.08. The first-order valence-corrected chi connectivity index (χ1v) is 5.99. The number of benzene rings is 1. The summed E-state index contributed by atoms with van der Waals surface area (Å²) >= 11 is 0. The summed E-state index contributed by atoms with van der Waals surface area (Å²) in [5.41, 5.74) is 0.848. The minimum Gasteiger partial charge on any atom is -0.454 e. The number of fused-ring (bicyclic) bond motifs is 1. The van der Waals surface area contributed by atoms with Gasteiger partial charge in [0.15, 0.2) is 17.2 Å². The average Bonchev–Trinajstić information content (AvgIpc) is 2.95. The van der Waals surface area contributed by atoms with Crippen LogP contribution >= 0.6 is 0 Å². The van der Waals surface area contributed by atoms with Gasteiger partial charge in [-0.2, -0.15) is 0 Å². The van der Waals surface area contributed by atoms with Crippen LogP contribution in [-0.4, -0.2) is 29.9 Å². The summed E-state index contributed by atoms with van der Waals surface area (Å²) in [5, 5.41) is 13.3. The number of amides is 1. The van der Waals surface area contributed by atoms with Gasteiger partial charge in [0.1, 0.15) is 5.82 Å². The summed E-state index contributed by atoms with van der Waals surface area (Å²) < 4.78 is 10.5. The maximum absolute atomic E-state index is 12.0. The highest BCUT2D eigenvalue weighted by Gasteiger charge is 2.15. The van der Waals surface area contributed by atoms with Crippen LogP contribution in [0, 0.1) is 0 Å². The summed E-state index contributed by atoms with van der Waals surface area (Å²) in [4.78, 5) is 12.0. The first kappa shape index (κ1) is 12.2. The van der Waals surface area contributed by atoms with E-state index in [4.69, 9.17) is 9.47 Å². The van der Waals surface area contributed by atoms with Crippen molar-refractivity contribution in [1.29, 1.82) is 0 Å². The number of anilines is 2. The molecule has 1 aromatic carbocycles. The van der Waals surface area contributed by atoms with Crippen LogP contribution < -0.4 is 20.1 Å². The molecule has 7 heteroatoms. The molecule has 3 rings (SSSR count). The Bertz CT molecular complexity index is 643. The molecule has 0 aliphatic carbocycles. The molecule has 1 amide bonds. The Morgan fingerprint density at radius 2 is 2.00 bits per heavy atom. The highest BCUT2D eigenvalue weighted by Crippen LogP contribution is 2.34. The number of carbonyl (C=O) groups excluding carboxylic acids is 1. The van der Waals surface area contributed by atoms with E-state index >= 15 is 0 Å². The van der Waals surface area contributed by atoms with Gasteiger partial charge in [0, 0.05) is 18.8 Å². The Morgan fingerprint density at radius 3 is 2.75 bits per heavy atom. The van der Waals surface area contributed by atoms with Crippen molar-refractivity contribution in [2.45, 2.75) is 0 Å². The molecule has 0 atom stereocenters.